The van der Waals surface area contributed by atoms with Crippen LogP contribution in [0.25, 0.3) is 0 Å². The maximum absolute atomic E-state index is 12.0. The van der Waals surface area contributed by atoms with Crippen molar-refractivity contribution in [2.45, 2.75) is 25.8 Å². The Morgan fingerprint density at radius 2 is 2.05 bits per heavy atom. The molecule has 0 saturated carbocycles. The van der Waals surface area contributed by atoms with Gasteiger partial charge in [-0.15, -0.1) is 0 Å². The summed E-state index contributed by atoms with van der Waals surface area (Å²) >= 11 is 0. The molecule has 0 spiro atoms. The van der Waals surface area contributed by atoms with Crippen LogP contribution in [-0.4, -0.2) is 34.6 Å². The summed E-state index contributed by atoms with van der Waals surface area (Å²) in [6.07, 6.45) is 4.08. The van der Waals surface area contributed by atoms with Crippen molar-refractivity contribution in [3.63, 3.8) is 0 Å². The van der Waals surface area contributed by atoms with Crippen molar-refractivity contribution in [1.29, 1.82) is 0 Å². The van der Waals surface area contributed by atoms with Gasteiger partial charge in [0.25, 0.3) is 5.91 Å². The Bertz CT molecular complexity index is 513. The smallest absolute Gasteiger partial charge is 0.267 e. The molecule has 100 valence electrons. The number of amides is 2. The maximum atomic E-state index is 12.0. The van der Waals surface area contributed by atoms with Crippen LogP contribution in [0.4, 0.5) is 0 Å². The van der Waals surface area contributed by atoms with E-state index in [9.17, 15) is 9.59 Å². The maximum Gasteiger partial charge on any atom is 0.267 e. The number of nitrogens with one attached hydrogen (secondary N) is 1. The lowest BCUT2D eigenvalue weighted by Gasteiger charge is -2.20. The minimum Gasteiger partial charge on any atom is -0.344 e. The van der Waals surface area contributed by atoms with Crippen molar-refractivity contribution >= 4 is 17.5 Å². The highest BCUT2D eigenvalue weighted by molar-refractivity contribution is 6.39. The third kappa shape index (κ3) is 3.15. The fourth-order valence-electron chi connectivity index (χ4n) is 1.85. The number of aromatic nitrogens is 1. The molecule has 1 N–H and O–H groups in total. The van der Waals surface area contributed by atoms with E-state index < -0.39 is 0 Å². The van der Waals surface area contributed by atoms with Crippen LogP contribution < -0.4 is 5.32 Å². The average molecular weight is 260 g/mol. The lowest BCUT2D eigenvalue weighted by Crippen LogP contribution is -2.38. The second kappa shape index (κ2) is 5.60. The summed E-state index contributed by atoms with van der Waals surface area (Å²) in [6.45, 7) is 1.89. The molecule has 0 aliphatic carbocycles. The monoisotopic (exact) mass is 260 g/mol. The number of carbonyl (C=O) groups excluding carboxylic acids is 2. The van der Waals surface area contributed by atoms with Gasteiger partial charge < -0.3 is 5.32 Å². The SMILES string of the molecule is CC(NC(=O)C1=NN(C)C(=O)CC1)c1ccncc1. The van der Waals surface area contributed by atoms with Crippen molar-refractivity contribution in [1.82, 2.24) is 15.3 Å². The molecule has 2 rings (SSSR count). The predicted molar refractivity (Wildman–Crippen MR) is 70.2 cm³/mol. The molecule has 6 heteroatoms. The standard InChI is InChI=1S/C13H16N4O2/c1-9(10-5-7-14-8-6-10)15-13(19)11-3-4-12(18)17(2)16-11/h5-9H,3-4H2,1-2H3,(H,15,19). The van der Waals surface area contributed by atoms with Crippen molar-refractivity contribution < 1.29 is 9.59 Å². The zero-order valence-corrected chi connectivity index (χ0v) is 11.0. The van der Waals surface area contributed by atoms with Crippen LogP contribution in [0, 0.1) is 0 Å². The summed E-state index contributed by atoms with van der Waals surface area (Å²) in [6, 6.07) is 3.58. The van der Waals surface area contributed by atoms with E-state index in [1.54, 1.807) is 19.4 Å². The van der Waals surface area contributed by atoms with Crippen LogP contribution in [0.5, 0.6) is 0 Å². The number of hydrogen-bond donors (Lipinski definition) is 1. The van der Waals surface area contributed by atoms with Gasteiger partial charge in [-0.2, -0.15) is 5.10 Å². The molecule has 0 saturated heterocycles. The minimum absolute atomic E-state index is 0.0706. The van der Waals surface area contributed by atoms with Gasteiger partial charge in [-0.3, -0.25) is 14.6 Å². The van der Waals surface area contributed by atoms with Crippen LogP contribution in [0.1, 0.15) is 31.4 Å². The fraction of sp³-hybridized carbons (Fsp3) is 0.385. The van der Waals surface area contributed by atoms with Gasteiger partial charge in [0.15, 0.2) is 0 Å². The van der Waals surface area contributed by atoms with Crippen LogP contribution >= 0.6 is 0 Å². The second-order valence-electron chi connectivity index (χ2n) is 4.44. The first-order valence-electron chi connectivity index (χ1n) is 6.12. The molecule has 2 heterocycles. The zero-order valence-electron chi connectivity index (χ0n) is 11.0. The lowest BCUT2D eigenvalue weighted by molar-refractivity contribution is -0.130. The highest BCUT2D eigenvalue weighted by atomic mass is 16.2. The summed E-state index contributed by atoms with van der Waals surface area (Å²) in [4.78, 5) is 27.3. The van der Waals surface area contributed by atoms with E-state index in [-0.39, 0.29) is 17.9 Å². The summed E-state index contributed by atoms with van der Waals surface area (Å²) < 4.78 is 0. The van der Waals surface area contributed by atoms with Gasteiger partial charge in [0, 0.05) is 32.3 Å². The number of hydrazone groups is 1. The molecule has 1 aliphatic rings. The van der Waals surface area contributed by atoms with E-state index >= 15 is 0 Å². The lowest BCUT2D eigenvalue weighted by atomic mass is 10.1. The van der Waals surface area contributed by atoms with Crippen LogP contribution in [0.2, 0.25) is 0 Å². The Morgan fingerprint density at radius 3 is 2.68 bits per heavy atom. The largest absolute Gasteiger partial charge is 0.344 e. The number of carbonyl (C=O) groups is 2. The fourth-order valence-corrected chi connectivity index (χ4v) is 1.85. The molecule has 1 aromatic rings. The van der Waals surface area contributed by atoms with E-state index in [0.29, 0.717) is 18.6 Å². The van der Waals surface area contributed by atoms with E-state index in [1.165, 1.54) is 5.01 Å². The van der Waals surface area contributed by atoms with Crippen molar-refractivity contribution in [2.24, 2.45) is 5.10 Å². The molecular weight excluding hydrogens is 244 g/mol. The predicted octanol–water partition coefficient (Wildman–Crippen LogP) is 0.867. The van der Waals surface area contributed by atoms with Crippen LogP contribution in [0.3, 0.4) is 0 Å². The Kier molecular flexibility index (Phi) is 3.89. The first-order chi connectivity index (χ1) is 9.08. The molecule has 1 atom stereocenters. The average Bonchev–Trinajstić information content (AvgIpc) is 2.42. The zero-order chi connectivity index (χ0) is 13.8. The third-order valence-electron chi connectivity index (χ3n) is 3.02. The molecule has 0 aromatic carbocycles. The first-order valence-corrected chi connectivity index (χ1v) is 6.12. The minimum atomic E-state index is -0.233. The molecule has 2 amide bonds. The van der Waals surface area contributed by atoms with Gasteiger partial charge in [-0.25, -0.2) is 5.01 Å². The summed E-state index contributed by atoms with van der Waals surface area (Å²) in [5, 5.41) is 8.07. The molecule has 0 radical (unpaired) electrons. The van der Waals surface area contributed by atoms with Crippen molar-refractivity contribution in [3.8, 4) is 0 Å². The number of pyridine rings is 1. The van der Waals surface area contributed by atoms with E-state index in [4.69, 9.17) is 0 Å². The molecule has 6 nitrogen and oxygen atoms in total. The van der Waals surface area contributed by atoms with Gasteiger partial charge in [0.1, 0.15) is 5.71 Å². The first kappa shape index (κ1) is 13.2. The number of nitrogens with zero attached hydrogens (tertiary/aromatic N) is 3. The van der Waals surface area contributed by atoms with Gasteiger partial charge in [-0.1, -0.05) is 0 Å². The Morgan fingerprint density at radius 1 is 1.37 bits per heavy atom. The number of hydrogen-bond acceptors (Lipinski definition) is 4. The molecule has 0 fully saturated rings. The van der Waals surface area contributed by atoms with Crippen LogP contribution in [-0.2, 0) is 9.59 Å². The normalized spacial score (nSPS) is 16.8. The molecule has 0 bridgehead atoms. The van der Waals surface area contributed by atoms with Crippen LogP contribution in [0.15, 0.2) is 29.6 Å². The van der Waals surface area contributed by atoms with Crippen molar-refractivity contribution in [2.75, 3.05) is 7.05 Å². The van der Waals surface area contributed by atoms with Gasteiger partial charge in [0.2, 0.25) is 5.91 Å². The number of rotatable bonds is 3. The van der Waals surface area contributed by atoms with E-state index in [2.05, 4.69) is 15.4 Å². The summed E-state index contributed by atoms with van der Waals surface area (Å²) in [7, 11) is 1.56. The van der Waals surface area contributed by atoms with E-state index in [1.807, 2.05) is 19.1 Å². The van der Waals surface area contributed by atoms with E-state index in [0.717, 1.165) is 5.56 Å². The molecule has 19 heavy (non-hydrogen) atoms. The summed E-state index contributed by atoms with van der Waals surface area (Å²) in [5.41, 5.74) is 1.37. The second-order valence-corrected chi connectivity index (χ2v) is 4.44. The van der Waals surface area contributed by atoms with Gasteiger partial charge >= 0.3 is 0 Å². The Hall–Kier alpha value is -2.24. The third-order valence-corrected chi connectivity index (χ3v) is 3.02. The van der Waals surface area contributed by atoms with Gasteiger partial charge in [-0.05, 0) is 24.6 Å². The molecule has 1 aromatic heterocycles. The Labute approximate surface area is 111 Å². The molecular formula is C13H16N4O2. The molecule has 1 aliphatic heterocycles. The van der Waals surface area contributed by atoms with Gasteiger partial charge in [0.05, 0.1) is 6.04 Å². The Balaban J connectivity index is 2.02. The quantitative estimate of drug-likeness (QED) is 0.876. The summed E-state index contributed by atoms with van der Waals surface area (Å²) in [5.74, 6) is -0.303. The highest BCUT2D eigenvalue weighted by Crippen LogP contribution is 2.12. The highest BCUT2D eigenvalue weighted by Gasteiger charge is 2.22. The molecule has 1 unspecified atom stereocenters. The topological polar surface area (TPSA) is 74.7 Å². The van der Waals surface area contributed by atoms with Crippen molar-refractivity contribution in [3.05, 3.63) is 30.1 Å².